The lowest BCUT2D eigenvalue weighted by Crippen LogP contribution is -2.37. The SMILES string of the molecule is CN(C)c1cccc(NC(=NC2CCCC2)NN)c1. The Kier molecular flexibility index (Phi) is 4.63. The highest BCUT2D eigenvalue weighted by Gasteiger charge is 2.14. The third kappa shape index (κ3) is 3.86. The summed E-state index contributed by atoms with van der Waals surface area (Å²) >= 11 is 0. The molecular weight excluding hydrogens is 238 g/mol. The van der Waals surface area contributed by atoms with E-state index in [1.54, 1.807) is 0 Å². The molecular formula is C14H23N5. The van der Waals surface area contributed by atoms with Crippen LogP contribution in [-0.4, -0.2) is 26.1 Å². The van der Waals surface area contributed by atoms with Gasteiger partial charge < -0.3 is 10.2 Å². The number of nitrogens with one attached hydrogen (secondary N) is 2. The molecule has 4 N–H and O–H groups in total. The van der Waals surface area contributed by atoms with Gasteiger partial charge >= 0.3 is 0 Å². The second-order valence-corrected chi connectivity index (χ2v) is 5.13. The summed E-state index contributed by atoms with van der Waals surface area (Å²) in [6.45, 7) is 0. The number of nitrogens with zero attached hydrogens (tertiary/aromatic N) is 2. The third-order valence-electron chi connectivity index (χ3n) is 3.40. The Hall–Kier alpha value is -1.75. The van der Waals surface area contributed by atoms with Gasteiger partial charge in [0.05, 0.1) is 6.04 Å². The van der Waals surface area contributed by atoms with Crippen LogP contribution in [0.3, 0.4) is 0 Å². The molecule has 0 radical (unpaired) electrons. The van der Waals surface area contributed by atoms with Crippen molar-refractivity contribution in [1.29, 1.82) is 0 Å². The minimum Gasteiger partial charge on any atom is -0.378 e. The van der Waals surface area contributed by atoms with Gasteiger partial charge in [-0.15, -0.1) is 0 Å². The van der Waals surface area contributed by atoms with Crippen LogP contribution in [0, 0.1) is 0 Å². The quantitative estimate of drug-likeness (QED) is 0.337. The van der Waals surface area contributed by atoms with Crippen molar-refractivity contribution in [1.82, 2.24) is 5.43 Å². The van der Waals surface area contributed by atoms with Crippen LogP contribution in [0.25, 0.3) is 0 Å². The van der Waals surface area contributed by atoms with Gasteiger partial charge in [0.1, 0.15) is 0 Å². The highest BCUT2D eigenvalue weighted by atomic mass is 15.3. The van der Waals surface area contributed by atoms with Crippen molar-refractivity contribution in [3.63, 3.8) is 0 Å². The molecule has 2 rings (SSSR count). The van der Waals surface area contributed by atoms with Gasteiger partial charge in [-0.25, -0.2) is 10.8 Å². The minimum atomic E-state index is 0.399. The van der Waals surface area contributed by atoms with Gasteiger partial charge in [-0.3, -0.25) is 5.43 Å². The minimum absolute atomic E-state index is 0.399. The van der Waals surface area contributed by atoms with Crippen LogP contribution in [-0.2, 0) is 0 Å². The topological polar surface area (TPSA) is 65.7 Å². The molecule has 1 saturated carbocycles. The fourth-order valence-electron chi connectivity index (χ4n) is 2.32. The number of guanidine groups is 1. The van der Waals surface area contributed by atoms with E-state index in [1.807, 2.05) is 26.2 Å². The standard InChI is InChI=1S/C14H23N5/c1-19(2)13-9-5-8-12(10-13)17-14(18-15)16-11-6-3-4-7-11/h5,8-11H,3-4,6-7,15H2,1-2H3,(H2,16,17,18). The molecule has 5 heteroatoms. The third-order valence-corrected chi connectivity index (χ3v) is 3.40. The van der Waals surface area contributed by atoms with Crippen molar-refractivity contribution < 1.29 is 0 Å². The molecule has 19 heavy (non-hydrogen) atoms. The number of hydrogen-bond donors (Lipinski definition) is 3. The maximum absolute atomic E-state index is 5.54. The zero-order valence-corrected chi connectivity index (χ0v) is 11.7. The van der Waals surface area contributed by atoms with Crippen molar-refractivity contribution in [2.75, 3.05) is 24.3 Å². The van der Waals surface area contributed by atoms with Crippen molar-refractivity contribution in [2.45, 2.75) is 31.7 Å². The lowest BCUT2D eigenvalue weighted by atomic mass is 10.2. The number of anilines is 2. The molecule has 104 valence electrons. The van der Waals surface area contributed by atoms with E-state index in [4.69, 9.17) is 5.84 Å². The molecule has 0 spiro atoms. The smallest absolute Gasteiger partial charge is 0.210 e. The number of aliphatic imine (C=N–C) groups is 1. The van der Waals surface area contributed by atoms with Gasteiger partial charge in [0, 0.05) is 25.5 Å². The van der Waals surface area contributed by atoms with Crippen LogP contribution in [0.4, 0.5) is 11.4 Å². The Morgan fingerprint density at radius 3 is 2.68 bits per heavy atom. The summed E-state index contributed by atoms with van der Waals surface area (Å²) in [5.74, 6) is 6.18. The Bertz CT molecular complexity index is 435. The summed E-state index contributed by atoms with van der Waals surface area (Å²) in [5, 5.41) is 3.24. The van der Waals surface area contributed by atoms with E-state index in [0.717, 1.165) is 24.2 Å². The fraction of sp³-hybridized carbons (Fsp3) is 0.500. The first-order valence-corrected chi connectivity index (χ1v) is 6.78. The first-order valence-electron chi connectivity index (χ1n) is 6.78. The van der Waals surface area contributed by atoms with Crippen LogP contribution in [0.1, 0.15) is 25.7 Å². The van der Waals surface area contributed by atoms with Crippen LogP contribution in [0.2, 0.25) is 0 Å². The Morgan fingerprint density at radius 2 is 2.05 bits per heavy atom. The first kappa shape index (κ1) is 13.7. The second-order valence-electron chi connectivity index (χ2n) is 5.13. The van der Waals surface area contributed by atoms with E-state index in [9.17, 15) is 0 Å². The summed E-state index contributed by atoms with van der Waals surface area (Å²) in [4.78, 5) is 6.68. The zero-order chi connectivity index (χ0) is 13.7. The lowest BCUT2D eigenvalue weighted by Gasteiger charge is -2.15. The van der Waals surface area contributed by atoms with E-state index < -0.39 is 0 Å². The molecule has 0 heterocycles. The predicted octanol–water partition coefficient (Wildman–Crippen LogP) is 1.93. The van der Waals surface area contributed by atoms with Gasteiger partial charge in [-0.05, 0) is 31.0 Å². The first-order chi connectivity index (χ1) is 9.19. The molecule has 0 aromatic heterocycles. The average molecular weight is 261 g/mol. The second kappa shape index (κ2) is 6.43. The molecule has 0 atom stereocenters. The number of nitrogens with two attached hydrogens (primary N) is 1. The maximum Gasteiger partial charge on any atom is 0.210 e. The molecule has 1 aliphatic rings. The molecule has 1 fully saturated rings. The number of rotatable bonds is 3. The Labute approximate surface area is 114 Å². The fourth-order valence-corrected chi connectivity index (χ4v) is 2.32. The monoisotopic (exact) mass is 261 g/mol. The highest BCUT2D eigenvalue weighted by Crippen LogP contribution is 2.21. The number of hydrazine groups is 1. The van der Waals surface area contributed by atoms with Crippen molar-refractivity contribution in [2.24, 2.45) is 10.8 Å². The molecule has 0 aliphatic heterocycles. The van der Waals surface area contributed by atoms with Gasteiger partial charge in [-0.2, -0.15) is 0 Å². The molecule has 1 aromatic rings. The Morgan fingerprint density at radius 1 is 1.32 bits per heavy atom. The summed E-state index contributed by atoms with van der Waals surface area (Å²) in [6.07, 6.45) is 4.85. The molecule has 1 aromatic carbocycles. The summed E-state index contributed by atoms with van der Waals surface area (Å²) < 4.78 is 0. The van der Waals surface area contributed by atoms with E-state index >= 15 is 0 Å². The summed E-state index contributed by atoms with van der Waals surface area (Å²) in [7, 11) is 4.04. The molecule has 5 nitrogen and oxygen atoms in total. The normalized spacial score (nSPS) is 16.5. The lowest BCUT2D eigenvalue weighted by molar-refractivity contribution is 0.700. The van der Waals surface area contributed by atoms with E-state index in [2.05, 4.69) is 32.8 Å². The Balaban J connectivity index is 2.07. The molecule has 0 unspecified atom stereocenters. The predicted molar refractivity (Wildman–Crippen MR) is 81.4 cm³/mol. The summed E-state index contributed by atoms with van der Waals surface area (Å²) in [6, 6.07) is 8.56. The van der Waals surface area contributed by atoms with Gasteiger partial charge in [0.2, 0.25) is 5.96 Å². The van der Waals surface area contributed by atoms with Crippen LogP contribution in [0.15, 0.2) is 29.3 Å². The van der Waals surface area contributed by atoms with Gasteiger partial charge in [0.25, 0.3) is 0 Å². The van der Waals surface area contributed by atoms with Gasteiger partial charge in [-0.1, -0.05) is 18.9 Å². The molecule has 0 bridgehead atoms. The van der Waals surface area contributed by atoms with Crippen molar-refractivity contribution in [3.8, 4) is 0 Å². The number of benzene rings is 1. The maximum atomic E-state index is 5.54. The van der Waals surface area contributed by atoms with E-state index in [1.165, 1.54) is 12.8 Å². The largest absolute Gasteiger partial charge is 0.378 e. The molecule has 1 aliphatic carbocycles. The average Bonchev–Trinajstić information content (AvgIpc) is 2.91. The number of hydrogen-bond acceptors (Lipinski definition) is 3. The van der Waals surface area contributed by atoms with Crippen LogP contribution >= 0.6 is 0 Å². The molecule has 0 saturated heterocycles. The van der Waals surface area contributed by atoms with Crippen LogP contribution in [0.5, 0.6) is 0 Å². The van der Waals surface area contributed by atoms with Crippen molar-refractivity contribution >= 4 is 17.3 Å². The van der Waals surface area contributed by atoms with Crippen LogP contribution < -0.4 is 21.5 Å². The summed E-state index contributed by atoms with van der Waals surface area (Å²) in [5.41, 5.74) is 4.78. The molecule has 0 amide bonds. The highest BCUT2D eigenvalue weighted by molar-refractivity contribution is 5.93. The van der Waals surface area contributed by atoms with Gasteiger partial charge in [0.15, 0.2) is 0 Å². The van der Waals surface area contributed by atoms with Crippen molar-refractivity contribution in [3.05, 3.63) is 24.3 Å². The zero-order valence-electron chi connectivity index (χ0n) is 11.7. The van der Waals surface area contributed by atoms with E-state index in [0.29, 0.717) is 12.0 Å². The van der Waals surface area contributed by atoms with E-state index in [-0.39, 0.29) is 0 Å².